The van der Waals surface area contributed by atoms with E-state index < -0.39 is 0 Å². The van der Waals surface area contributed by atoms with Crippen LogP contribution in [0.5, 0.6) is 0 Å². The molecule has 1 unspecified atom stereocenters. The van der Waals surface area contributed by atoms with Crippen molar-refractivity contribution in [3.8, 4) is 0 Å². The van der Waals surface area contributed by atoms with E-state index in [1.165, 1.54) is 11.5 Å². The van der Waals surface area contributed by atoms with Crippen LogP contribution in [0.2, 0.25) is 0 Å². The third-order valence-electron chi connectivity index (χ3n) is 3.87. The lowest BCUT2D eigenvalue weighted by atomic mass is 9.98. The molecule has 0 amide bonds. The monoisotopic (exact) mass is 300 g/mol. The van der Waals surface area contributed by atoms with Crippen LogP contribution in [0.25, 0.3) is 11.1 Å². The number of hydrogen-bond donors (Lipinski definition) is 0. The number of aromatic nitrogens is 3. The molecule has 2 aromatic heterocycles. The Morgan fingerprint density at radius 1 is 1.29 bits per heavy atom. The number of hydrogen-bond acceptors (Lipinski definition) is 6. The third-order valence-corrected chi connectivity index (χ3v) is 4.74. The molecule has 4 rings (SSSR count). The molecule has 0 spiro atoms. The Bertz CT molecular complexity index is 733. The first-order valence-electron chi connectivity index (χ1n) is 7.20. The molecule has 1 fully saturated rings. The molecule has 0 saturated carbocycles. The highest BCUT2D eigenvalue weighted by molar-refractivity contribution is 7.09. The summed E-state index contributed by atoms with van der Waals surface area (Å²) in [6.07, 6.45) is 2.24. The molecule has 108 valence electrons. The van der Waals surface area contributed by atoms with Crippen molar-refractivity contribution in [2.45, 2.75) is 25.7 Å². The van der Waals surface area contributed by atoms with E-state index in [0.717, 1.165) is 53.9 Å². The van der Waals surface area contributed by atoms with Crippen LogP contribution in [0.4, 0.5) is 5.13 Å². The molecule has 0 N–H and O–H groups in total. The van der Waals surface area contributed by atoms with Gasteiger partial charge in [-0.05, 0) is 31.9 Å². The minimum atomic E-state index is 0.329. The molecule has 0 aliphatic carbocycles. The zero-order valence-electron chi connectivity index (χ0n) is 11.8. The van der Waals surface area contributed by atoms with Gasteiger partial charge in [-0.1, -0.05) is 12.1 Å². The van der Waals surface area contributed by atoms with Crippen LogP contribution >= 0.6 is 11.5 Å². The van der Waals surface area contributed by atoms with E-state index in [0.29, 0.717) is 5.92 Å². The van der Waals surface area contributed by atoms with Gasteiger partial charge in [-0.25, -0.2) is 9.97 Å². The Labute approximate surface area is 126 Å². The third kappa shape index (κ3) is 2.40. The minimum absolute atomic E-state index is 0.329. The van der Waals surface area contributed by atoms with Crippen molar-refractivity contribution in [1.82, 2.24) is 14.3 Å². The van der Waals surface area contributed by atoms with Gasteiger partial charge in [0.15, 0.2) is 11.5 Å². The van der Waals surface area contributed by atoms with E-state index in [-0.39, 0.29) is 0 Å². The molecule has 3 aromatic rings. The molecule has 6 heteroatoms. The molecule has 3 heterocycles. The highest BCUT2D eigenvalue weighted by atomic mass is 32.1. The number of fused-ring (bicyclic) bond motifs is 1. The summed E-state index contributed by atoms with van der Waals surface area (Å²) in [5.74, 6) is 2.02. The quantitative estimate of drug-likeness (QED) is 0.726. The number of piperidine rings is 1. The average Bonchev–Trinajstić information content (AvgIpc) is 3.13. The van der Waals surface area contributed by atoms with Gasteiger partial charge in [0.2, 0.25) is 5.13 Å². The topological polar surface area (TPSA) is 55.1 Å². The summed E-state index contributed by atoms with van der Waals surface area (Å²) < 4.78 is 10.2. The van der Waals surface area contributed by atoms with Crippen molar-refractivity contribution in [1.29, 1.82) is 0 Å². The van der Waals surface area contributed by atoms with E-state index in [9.17, 15) is 0 Å². The molecule has 1 aliphatic rings. The van der Waals surface area contributed by atoms with Crippen LogP contribution in [-0.4, -0.2) is 27.4 Å². The lowest BCUT2D eigenvalue weighted by Gasteiger charge is -2.30. The maximum Gasteiger partial charge on any atom is 0.205 e. The second-order valence-corrected chi connectivity index (χ2v) is 6.16. The number of anilines is 1. The Morgan fingerprint density at radius 2 is 2.19 bits per heavy atom. The lowest BCUT2D eigenvalue weighted by Crippen LogP contribution is -2.34. The van der Waals surface area contributed by atoms with Gasteiger partial charge < -0.3 is 9.32 Å². The summed E-state index contributed by atoms with van der Waals surface area (Å²) in [5.41, 5.74) is 1.81. The van der Waals surface area contributed by atoms with E-state index in [4.69, 9.17) is 4.42 Å². The van der Waals surface area contributed by atoms with Gasteiger partial charge in [0, 0.05) is 24.6 Å². The highest BCUT2D eigenvalue weighted by Crippen LogP contribution is 2.31. The number of aryl methyl sites for hydroxylation is 1. The zero-order chi connectivity index (χ0) is 14.2. The van der Waals surface area contributed by atoms with Crippen molar-refractivity contribution >= 4 is 27.8 Å². The number of nitrogens with zero attached hydrogens (tertiary/aromatic N) is 4. The summed E-state index contributed by atoms with van der Waals surface area (Å²) >= 11 is 1.47. The maximum absolute atomic E-state index is 5.93. The van der Waals surface area contributed by atoms with Crippen molar-refractivity contribution in [3.63, 3.8) is 0 Å². The first-order chi connectivity index (χ1) is 10.3. The second kappa shape index (κ2) is 5.11. The molecule has 0 radical (unpaired) electrons. The fraction of sp³-hybridized carbons (Fsp3) is 0.400. The summed E-state index contributed by atoms with van der Waals surface area (Å²) in [7, 11) is 0. The minimum Gasteiger partial charge on any atom is -0.440 e. The predicted octanol–water partition coefficient (Wildman–Crippen LogP) is 3.37. The number of para-hydroxylation sites is 2. The van der Waals surface area contributed by atoms with Crippen LogP contribution < -0.4 is 4.90 Å². The Balaban J connectivity index is 1.60. The fourth-order valence-electron chi connectivity index (χ4n) is 2.83. The van der Waals surface area contributed by atoms with Crippen LogP contribution in [0.1, 0.15) is 30.5 Å². The Hall–Kier alpha value is -1.95. The van der Waals surface area contributed by atoms with Gasteiger partial charge in [0.05, 0.1) is 5.92 Å². The summed E-state index contributed by atoms with van der Waals surface area (Å²) in [6.45, 7) is 3.87. The normalized spacial score (nSPS) is 19.3. The van der Waals surface area contributed by atoms with Crippen LogP contribution in [-0.2, 0) is 0 Å². The van der Waals surface area contributed by atoms with Crippen LogP contribution in [0.15, 0.2) is 28.7 Å². The van der Waals surface area contributed by atoms with Crippen LogP contribution in [0, 0.1) is 6.92 Å². The molecular weight excluding hydrogens is 284 g/mol. The lowest BCUT2D eigenvalue weighted by molar-refractivity contribution is 0.413. The van der Waals surface area contributed by atoms with Gasteiger partial charge in [0.25, 0.3) is 0 Å². The van der Waals surface area contributed by atoms with Crippen molar-refractivity contribution < 1.29 is 4.42 Å². The predicted molar refractivity (Wildman–Crippen MR) is 82.8 cm³/mol. The molecule has 1 atom stereocenters. The van der Waals surface area contributed by atoms with E-state index in [2.05, 4.69) is 19.2 Å². The SMILES string of the molecule is Cc1nsc(N2CCCC(c3nc4ccccc4o3)C2)n1. The second-order valence-electron chi connectivity index (χ2n) is 5.43. The summed E-state index contributed by atoms with van der Waals surface area (Å²) in [5, 5.41) is 1.01. The number of benzene rings is 1. The van der Waals surface area contributed by atoms with E-state index in [1.54, 1.807) is 0 Å². The van der Waals surface area contributed by atoms with E-state index >= 15 is 0 Å². The van der Waals surface area contributed by atoms with E-state index in [1.807, 2.05) is 31.2 Å². The van der Waals surface area contributed by atoms with Crippen molar-refractivity contribution in [2.24, 2.45) is 0 Å². The molecular formula is C15H16N4OS. The molecule has 1 aromatic carbocycles. The van der Waals surface area contributed by atoms with Crippen molar-refractivity contribution in [3.05, 3.63) is 36.0 Å². The molecule has 21 heavy (non-hydrogen) atoms. The van der Waals surface area contributed by atoms with Gasteiger partial charge >= 0.3 is 0 Å². The maximum atomic E-state index is 5.93. The van der Waals surface area contributed by atoms with Gasteiger partial charge in [0.1, 0.15) is 11.3 Å². The molecule has 1 aliphatic heterocycles. The number of rotatable bonds is 2. The van der Waals surface area contributed by atoms with Gasteiger partial charge in [-0.3, -0.25) is 0 Å². The first-order valence-corrected chi connectivity index (χ1v) is 7.97. The molecule has 5 nitrogen and oxygen atoms in total. The molecule has 0 bridgehead atoms. The summed E-state index contributed by atoms with van der Waals surface area (Å²) in [4.78, 5) is 11.4. The fourth-order valence-corrected chi connectivity index (χ4v) is 3.54. The van der Waals surface area contributed by atoms with Crippen LogP contribution in [0.3, 0.4) is 0 Å². The first kappa shape index (κ1) is 12.8. The van der Waals surface area contributed by atoms with Gasteiger partial charge in [-0.2, -0.15) is 4.37 Å². The van der Waals surface area contributed by atoms with Crippen molar-refractivity contribution in [2.75, 3.05) is 18.0 Å². The smallest absolute Gasteiger partial charge is 0.205 e. The Kier molecular flexibility index (Phi) is 3.11. The zero-order valence-corrected chi connectivity index (χ0v) is 12.6. The Morgan fingerprint density at radius 3 is 3.00 bits per heavy atom. The van der Waals surface area contributed by atoms with Gasteiger partial charge in [-0.15, -0.1) is 0 Å². The average molecular weight is 300 g/mol. The standard InChI is InChI=1S/C15H16N4OS/c1-10-16-15(21-18-10)19-8-4-5-11(9-19)14-17-12-6-2-3-7-13(12)20-14/h2-3,6-7,11H,4-5,8-9H2,1H3. The molecule has 1 saturated heterocycles. The largest absolute Gasteiger partial charge is 0.440 e. The number of oxazole rings is 1. The summed E-state index contributed by atoms with van der Waals surface area (Å²) in [6, 6.07) is 7.94. The highest BCUT2D eigenvalue weighted by Gasteiger charge is 2.27.